The van der Waals surface area contributed by atoms with E-state index in [0.717, 1.165) is 0 Å². The van der Waals surface area contributed by atoms with Crippen LogP contribution < -0.4 is 21.1 Å². The first-order chi connectivity index (χ1) is 6.67. The first kappa shape index (κ1) is 10.2. The van der Waals surface area contributed by atoms with Gasteiger partial charge in [0.05, 0.1) is 12.8 Å². The van der Waals surface area contributed by atoms with Crippen LogP contribution in [0.15, 0.2) is 18.2 Å². The van der Waals surface area contributed by atoms with Gasteiger partial charge in [-0.05, 0) is 18.2 Å². The highest BCUT2D eigenvalue weighted by Gasteiger charge is 2.02. The van der Waals surface area contributed by atoms with Gasteiger partial charge in [0, 0.05) is 12.7 Å². The topological polar surface area (TPSA) is 76.4 Å². The van der Waals surface area contributed by atoms with Gasteiger partial charge in [0.15, 0.2) is 0 Å². The Morgan fingerprint density at radius 2 is 2.21 bits per heavy atom. The summed E-state index contributed by atoms with van der Waals surface area (Å²) in [6.45, 7) is 0. The summed E-state index contributed by atoms with van der Waals surface area (Å²) in [5.74, 6) is 0.590. The van der Waals surface area contributed by atoms with Gasteiger partial charge in [0.25, 0.3) is 0 Å². The number of rotatable bonds is 2. The Morgan fingerprint density at radius 3 is 2.71 bits per heavy atom. The van der Waals surface area contributed by atoms with E-state index in [1.165, 1.54) is 7.11 Å². The smallest absolute Gasteiger partial charge is 0.318 e. The Kier molecular flexibility index (Phi) is 3.17. The molecular formula is C9H13N3O2. The molecule has 0 unspecified atom stereocenters. The lowest BCUT2D eigenvalue weighted by Gasteiger charge is -2.07. The van der Waals surface area contributed by atoms with Crippen LogP contribution in [0.25, 0.3) is 0 Å². The van der Waals surface area contributed by atoms with Crippen molar-refractivity contribution in [3.8, 4) is 5.75 Å². The molecule has 4 N–H and O–H groups in total. The second-order valence-electron chi connectivity index (χ2n) is 2.66. The number of nitrogens with one attached hydrogen (secondary N) is 2. The predicted molar refractivity (Wildman–Crippen MR) is 55.5 cm³/mol. The number of hydrogen-bond donors (Lipinski definition) is 3. The summed E-state index contributed by atoms with van der Waals surface area (Å²) in [5.41, 5.74) is 6.77. The maximum absolute atomic E-state index is 11.0. The second kappa shape index (κ2) is 4.36. The Balaban J connectivity index is 2.81. The van der Waals surface area contributed by atoms with Crippen LogP contribution in [0.2, 0.25) is 0 Å². The molecule has 14 heavy (non-hydrogen) atoms. The van der Waals surface area contributed by atoms with Crippen molar-refractivity contribution in [2.75, 3.05) is 25.2 Å². The minimum Gasteiger partial charge on any atom is -0.495 e. The van der Waals surface area contributed by atoms with E-state index in [4.69, 9.17) is 10.5 Å². The van der Waals surface area contributed by atoms with Crippen LogP contribution in [-0.4, -0.2) is 20.2 Å². The maximum Gasteiger partial charge on any atom is 0.318 e. The number of carbonyl (C=O) groups is 1. The molecule has 0 heterocycles. The number of urea groups is 1. The zero-order valence-electron chi connectivity index (χ0n) is 8.13. The van der Waals surface area contributed by atoms with Crippen molar-refractivity contribution in [3.05, 3.63) is 18.2 Å². The highest BCUT2D eigenvalue weighted by Crippen LogP contribution is 2.24. The zero-order chi connectivity index (χ0) is 10.6. The number of amides is 2. The molecule has 0 fully saturated rings. The van der Waals surface area contributed by atoms with Gasteiger partial charge in [-0.25, -0.2) is 4.79 Å². The lowest BCUT2D eigenvalue weighted by molar-refractivity contribution is 0.254. The molecule has 1 aromatic rings. The Hall–Kier alpha value is -1.91. The maximum atomic E-state index is 11.0. The Labute approximate surface area is 82.2 Å². The van der Waals surface area contributed by atoms with E-state index in [1.54, 1.807) is 25.2 Å². The van der Waals surface area contributed by atoms with Crippen LogP contribution in [0.1, 0.15) is 0 Å². The highest BCUT2D eigenvalue weighted by atomic mass is 16.5. The van der Waals surface area contributed by atoms with Crippen molar-refractivity contribution in [2.24, 2.45) is 0 Å². The van der Waals surface area contributed by atoms with Crippen molar-refractivity contribution in [1.82, 2.24) is 5.32 Å². The molecular weight excluding hydrogens is 182 g/mol. The van der Waals surface area contributed by atoms with Crippen LogP contribution in [-0.2, 0) is 0 Å². The van der Waals surface area contributed by atoms with E-state index in [-0.39, 0.29) is 6.03 Å². The molecule has 0 aliphatic carbocycles. The number of nitrogens with two attached hydrogens (primary N) is 1. The van der Waals surface area contributed by atoms with E-state index in [0.29, 0.717) is 17.1 Å². The van der Waals surface area contributed by atoms with Crippen LogP contribution >= 0.6 is 0 Å². The Bertz CT molecular complexity index is 339. The van der Waals surface area contributed by atoms with Crippen LogP contribution in [0, 0.1) is 0 Å². The average molecular weight is 195 g/mol. The number of anilines is 2. The van der Waals surface area contributed by atoms with Crippen LogP contribution in [0.5, 0.6) is 5.75 Å². The molecule has 0 aliphatic rings. The van der Waals surface area contributed by atoms with Crippen LogP contribution in [0.4, 0.5) is 16.2 Å². The number of carbonyl (C=O) groups excluding carboxylic acids is 1. The molecule has 0 aliphatic heterocycles. The van der Waals surface area contributed by atoms with Gasteiger partial charge in [-0.3, -0.25) is 0 Å². The standard InChI is InChI=1S/C9H13N3O2/c1-11-9(13)12-6-3-4-8(14-2)7(10)5-6/h3-5H,10H2,1-2H3,(H2,11,12,13). The zero-order valence-corrected chi connectivity index (χ0v) is 8.13. The van der Waals surface area contributed by atoms with E-state index in [9.17, 15) is 4.79 Å². The summed E-state index contributed by atoms with van der Waals surface area (Å²) in [6.07, 6.45) is 0. The van der Waals surface area contributed by atoms with Gasteiger partial charge in [-0.1, -0.05) is 0 Å². The van der Waals surface area contributed by atoms with Gasteiger partial charge in [-0.15, -0.1) is 0 Å². The number of methoxy groups -OCH3 is 1. The highest BCUT2D eigenvalue weighted by molar-refractivity contribution is 5.89. The fraction of sp³-hybridized carbons (Fsp3) is 0.222. The SMILES string of the molecule is CNC(=O)Nc1ccc(OC)c(N)c1. The second-order valence-corrected chi connectivity index (χ2v) is 2.66. The lowest BCUT2D eigenvalue weighted by Crippen LogP contribution is -2.24. The number of nitrogen functional groups attached to an aromatic ring is 1. The largest absolute Gasteiger partial charge is 0.495 e. The average Bonchev–Trinajstić information content (AvgIpc) is 2.18. The van der Waals surface area contributed by atoms with Crippen molar-refractivity contribution in [2.45, 2.75) is 0 Å². The van der Waals surface area contributed by atoms with Crippen LogP contribution in [0.3, 0.4) is 0 Å². The Morgan fingerprint density at radius 1 is 1.50 bits per heavy atom. The predicted octanol–water partition coefficient (Wildman–Crippen LogP) is 1.03. The molecule has 76 valence electrons. The summed E-state index contributed by atoms with van der Waals surface area (Å²) in [6, 6.07) is 4.76. The molecule has 5 heteroatoms. The summed E-state index contributed by atoms with van der Waals surface area (Å²) in [5, 5.41) is 5.04. The lowest BCUT2D eigenvalue weighted by atomic mass is 10.2. The number of hydrogen-bond acceptors (Lipinski definition) is 3. The summed E-state index contributed by atoms with van der Waals surface area (Å²) in [4.78, 5) is 11.0. The molecule has 0 radical (unpaired) electrons. The van der Waals surface area contributed by atoms with Gasteiger partial charge in [-0.2, -0.15) is 0 Å². The molecule has 0 spiro atoms. The van der Waals surface area contributed by atoms with Crippen molar-refractivity contribution in [3.63, 3.8) is 0 Å². The molecule has 0 atom stereocenters. The quantitative estimate of drug-likeness (QED) is 0.617. The third-order valence-corrected chi connectivity index (χ3v) is 1.71. The normalized spacial score (nSPS) is 9.29. The van der Waals surface area contributed by atoms with Crippen molar-refractivity contribution >= 4 is 17.4 Å². The molecule has 0 aromatic heterocycles. The molecule has 0 saturated carbocycles. The number of benzene rings is 1. The minimum absolute atomic E-state index is 0.283. The molecule has 5 nitrogen and oxygen atoms in total. The van der Waals surface area contributed by atoms with E-state index in [2.05, 4.69) is 10.6 Å². The molecule has 1 rings (SSSR count). The summed E-state index contributed by atoms with van der Waals surface area (Å²) in [7, 11) is 3.08. The third kappa shape index (κ3) is 2.29. The first-order valence-corrected chi connectivity index (χ1v) is 4.09. The van der Waals surface area contributed by atoms with E-state index < -0.39 is 0 Å². The number of ether oxygens (including phenoxy) is 1. The monoisotopic (exact) mass is 195 g/mol. The van der Waals surface area contributed by atoms with Crippen molar-refractivity contribution < 1.29 is 9.53 Å². The van der Waals surface area contributed by atoms with Gasteiger partial charge in [0.2, 0.25) is 0 Å². The summed E-state index contributed by atoms with van der Waals surface area (Å²) >= 11 is 0. The molecule has 2 amide bonds. The minimum atomic E-state index is -0.283. The molecule has 1 aromatic carbocycles. The first-order valence-electron chi connectivity index (χ1n) is 4.09. The van der Waals surface area contributed by atoms with Gasteiger partial charge < -0.3 is 21.1 Å². The third-order valence-electron chi connectivity index (χ3n) is 1.71. The molecule has 0 bridgehead atoms. The fourth-order valence-electron chi connectivity index (χ4n) is 1.01. The summed E-state index contributed by atoms with van der Waals surface area (Å²) < 4.78 is 4.98. The fourth-order valence-corrected chi connectivity index (χ4v) is 1.01. The van der Waals surface area contributed by atoms with E-state index >= 15 is 0 Å². The van der Waals surface area contributed by atoms with Gasteiger partial charge in [0.1, 0.15) is 5.75 Å². The van der Waals surface area contributed by atoms with Gasteiger partial charge >= 0.3 is 6.03 Å². The van der Waals surface area contributed by atoms with E-state index in [1.807, 2.05) is 0 Å². The van der Waals surface area contributed by atoms with Crippen molar-refractivity contribution in [1.29, 1.82) is 0 Å². The molecule has 0 saturated heterocycles.